The van der Waals surface area contributed by atoms with Gasteiger partial charge in [0.05, 0.1) is 18.8 Å². The molecule has 0 aliphatic rings. The van der Waals surface area contributed by atoms with Crippen LogP contribution < -0.4 is 16.4 Å². The molecule has 2 unspecified atom stereocenters. The Morgan fingerprint density at radius 1 is 1.07 bits per heavy atom. The quantitative estimate of drug-likeness (QED) is 0.362. The Morgan fingerprint density at radius 2 is 1.59 bits per heavy atom. The number of aliphatic hydroxyl groups excluding tert-OH is 1. The van der Waals surface area contributed by atoms with Gasteiger partial charge in [-0.15, -0.1) is 0 Å². The van der Waals surface area contributed by atoms with Crippen LogP contribution in [0.3, 0.4) is 0 Å². The first-order chi connectivity index (χ1) is 13.1. The molecule has 0 aromatic carbocycles. The van der Waals surface area contributed by atoms with Crippen molar-refractivity contribution in [2.75, 3.05) is 13.2 Å². The number of hydrogen-bond acceptors (Lipinski definition) is 5. The molecule has 29 heavy (non-hydrogen) atoms. The lowest BCUT2D eigenvalue weighted by Gasteiger charge is -2.30. The van der Waals surface area contributed by atoms with Crippen LogP contribution in [0.5, 0.6) is 0 Å². The maximum Gasteiger partial charge on any atom is 0.423 e. The van der Waals surface area contributed by atoms with Gasteiger partial charge in [-0.05, 0) is 25.3 Å². The molecule has 0 bridgehead atoms. The van der Waals surface area contributed by atoms with Crippen molar-refractivity contribution in [3.05, 3.63) is 0 Å². The summed E-state index contributed by atoms with van der Waals surface area (Å²) in [5.74, 6) is -1.64. The number of carbonyl (C=O) groups excluding carboxylic acids is 2. The highest BCUT2D eigenvalue weighted by atomic mass is 19.4. The minimum absolute atomic E-state index is 0.0274. The lowest BCUT2D eigenvalue weighted by Crippen LogP contribution is -2.55. The number of aliphatic hydroxyl groups is 1. The normalized spacial score (nSPS) is 15.9. The van der Waals surface area contributed by atoms with E-state index >= 15 is 0 Å². The van der Waals surface area contributed by atoms with Gasteiger partial charge in [-0.25, -0.2) is 0 Å². The first-order valence-corrected chi connectivity index (χ1v) is 8.81. The first-order valence-electron chi connectivity index (χ1n) is 8.81. The van der Waals surface area contributed by atoms with E-state index in [1.54, 1.807) is 13.8 Å². The van der Waals surface area contributed by atoms with Gasteiger partial charge in [-0.1, -0.05) is 13.8 Å². The molecule has 0 aliphatic carbocycles. The van der Waals surface area contributed by atoms with Crippen LogP contribution in [0.2, 0.25) is 0 Å². The fourth-order valence-electron chi connectivity index (χ4n) is 2.41. The van der Waals surface area contributed by atoms with Crippen molar-refractivity contribution >= 4 is 11.8 Å². The highest BCUT2D eigenvalue weighted by Crippen LogP contribution is 2.35. The second kappa shape index (κ2) is 11.6. The summed E-state index contributed by atoms with van der Waals surface area (Å²) in [4.78, 5) is 23.6. The number of amides is 2. The summed E-state index contributed by atoms with van der Waals surface area (Å²) < 4.78 is 79.2. The van der Waals surface area contributed by atoms with E-state index in [-0.39, 0.29) is 25.3 Å². The molecule has 0 aliphatic heterocycles. The zero-order valence-electron chi connectivity index (χ0n) is 16.2. The van der Waals surface area contributed by atoms with Gasteiger partial charge >= 0.3 is 12.4 Å². The van der Waals surface area contributed by atoms with E-state index in [4.69, 9.17) is 5.73 Å². The molecule has 0 saturated carbocycles. The largest absolute Gasteiger partial charge is 0.423 e. The lowest BCUT2D eigenvalue weighted by molar-refractivity contribution is -0.325. The molecule has 0 heterocycles. The molecular formula is C16H27F6N3O4. The van der Waals surface area contributed by atoms with Crippen LogP contribution >= 0.6 is 0 Å². The van der Waals surface area contributed by atoms with Crippen LogP contribution in [0.15, 0.2) is 0 Å². The number of carbonyl (C=O) groups is 2. The van der Waals surface area contributed by atoms with Crippen LogP contribution in [-0.2, 0) is 14.3 Å². The van der Waals surface area contributed by atoms with E-state index in [0.717, 1.165) is 0 Å². The third-order valence-corrected chi connectivity index (χ3v) is 3.85. The van der Waals surface area contributed by atoms with Crippen molar-refractivity contribution in [1.82, 2.24) is 10.6 Å². The zero-order valence-corrected chi connectivity index (χ0v) is 16.2. The number of alkyl halides is 6. The average Bonchev–Trinajstić information content (AvgIpc) is 2.53. The molecule has 0 saturated heterocycles. The van der Waals surface area contributed by atoms with E-state index in [1.165, 1.54) is 6.92 Å². The average molecular weight is 439 g/mol. The maximum atomic E-state index is 12.5. The monoisotopic (exact) mass is 439 g/mol. The fourth-order valence-corrected chi connectivity index (χ4v) is 2.41. The van der Waals surface area contributed by atoms with Crippen molar-refractivity contribution in [2.45, 2.75) is 70.3 Å². The Balaban J connectivity index is 5.24. The predicted octanol–water partition coefficient (Wildman–Crippen LogP) is 1.24. The summed E-state index contributed by atoms with van der Waals surface area (Å²) >= 11 is 0. The van der Waals surface area contributed by atoms with Gasteiger partial charge in [0, 0.05) is 6.92 Å². The smallest absolute Gasteiger partial charge is 0.389 e. The molecule has 3 atom stereocenters. The first kappa shape index (κ1) is 27.4. The minimum atomic E-state index is -5.72. The summed E-state index contributed by atoms with van der Waals surface area (Å²) in [5.41, 5.74) is 5.34. The highest BCUT2D eigenvalue weighted by Gasteiger charge is 2.58. The SMILES string of the molecule is CC(=O)NC(C(=O)N[C@@H](CCCN)C(O)COC(C(F)(F)F)C(F)(F)F)C(C)C. The van der Waals surface area contributed by atoms with Gasteiger partial charge < -0.3 is 26.2 Å². The van der Waals surface area contributed by atoms with Crippen molar-refractivity contribution in [1.29, 1.82) is 0 Å². The van der Waals surface area contributed by atoms with Gasteiger partial charge in [0.1, 0.15) is 6.04 Å². The van der Waals surface area contributed by atoms with Crippen molar-refractivity contribution in [2.24, 2.45) is 11.7 Å². The molecule has 0 spiro atoms. The zero-order chi connectivity index (χ0) is 23.0. The fraction of sp³-hybridized carbons (Fsp3) is 0.875. The van der Waals surface area contributed by atoms with Gasteiger partial charge in [-0.3, -0.25) is 9.59 Å². The summed E-state index contributed by atoms with van der Waals surface area (Å²) in [7, 11) is 0. The van der Waals surface area contributed by atoms with Gasteiger partial charge in [0.15, 0.2) is 0 Å². The Morgan fingerprint density at radius 3 is 1.97 bits per heavy atom. The molecular weight excluding hydrogens is 412 g/mol. The molecule has 0 aromatic heterocycles. The van der Waals surface area contributed by atoms with Gasteiger partial charge in [-0.2, -0.15) is 26.3 Å². The summed E-state index contributed by atoms with van der Waals surface area (Å²) in [5, 5.41) is 14.8. The number of nitrogens with two attached hydrogens (primary N) is 1. The molecule has 0 aromatic rings. The molecule has 172 valence electrons. The third kappa shape index (κ3) is 10.1. The number of rotatable bonds is 11. The Hall–Kier alpha value is -1.60. The van der Waals surface area contributed by atoms with Crippen LogP contribution in [0.25, 0.3) is 0 Å². The van der Waals surface area contributed by atoms with Crippen LogP contribution in [0.1, 0.15) is 33.6 Å². The molecule has 2 amide bonds. The van der Waals surface area contributed by atoms with Crippen molar-refractivity contribution in [3.63, 3.8) is 0 Å². The molecule has 13 heteroatoms. The number of ether oxygens (including phenoxy) is 1. The maximum absolute atomic E-state index is 12.5. The molecule has 0 fully saturated rings. The Labute approximate surface area is 164 Å². The van der Waals surface area contributed by atoms with Gasteiger partial charge in [0.25, 0.3) is 0 Å². The third-order valence-electron chi connectivity index (χ3n) is 3.85. The molecule has 0 radical (unpaired) electrons. The van der Waals surface area contributed by atoms with E-state index in [1.807, 2.05) is 0 Å². The summed E-state index contributed by atoms with van der Waals surface area (Å²) in [6, 6.07) is -2.25. The van der Waals surface area contributed by atoms with E-state index < -0.39 is 55.1 Å². The topological polar surface area (TPSA) is 114 Å². The predicted molar refractivity (Wildman–Crippen MR) is 90.5 cm³/mol. The van der Waals surface area contributed by atoms with Gasteiger partial charge in [0.2, 0.25) is 17.9 Å². The minimum Gasteiger partial charge on any atom is -0.389 e. The van der Waals surface area contributed by atoms with Crippen LogP contribution in [0, 0.1) is 5.92 Å². The lowest BCUT2D eigenvalue weighted by atomic mass is 10.0. The Bertz CT molecular complexity index is 514. The highest BCUT2D eigenvalue weighted by molar-refractivity contribution is 5.87. The Kier molecular flexibility index (Phi) is 10.9. The number of halogens is 6. The summed E-state index contributed by atoms with van der Waals surface area (Å²) in [6.07, 6.45) is -17.2. The number of hydrogen-bond donors (Lipinski definition) is 4. The van der Waals surface area contributed by atoms with Crippen LogP contribution in [-0.4, -0.2) is 66.7 Å². The van der Waals surface area contributed by atoms with Crippen molar-refractivity contribution < 1.29 is 45.8 Å². The van der Waals surface area contributed by atoms with Crippen LogP contribution in [0.4, 0.5) is 26.3 Å². The molecule has 5 N–H and O–H groups in total. The molecule has 7 nitrogen and oxygen atoms in total. The van der Waals surface area contributed by atoms with Crippen molar-refractivity contribution in [3.8, 4) is 0 Å². The molecule has 0 rings (SSSR count). The second-order valence-electron chi connectivity index (χ2n) is 6.83. The van der Waals surface area contributed by atoms with E-state index in [0.29, 0.717) is 0 Å². The van der Waals surface area contributed by atoms with E-state index in [9.17, 15) is 41.0 Å². The standard InChI is InChI=1S/C16H27F6N3O4/c1-8(2)12(24-9(3)26)13(28)25-10(5-4-6-23)11(27)7-29-14(15(17,18)19)16(20,21)22/h8,10-12,14,27H,4-7,23H2,1-3H3,(H,24,26)(H,25,28)/t10-,11?,12?/m0/s1. The number of nitrogens with one attached hydrogen (secondary N) is 2. The van der Waals surface area contributed by atoms with E-state index in [2.05, 4.69) is 15.4 Å². The second-order valence-corrected chi connectivity index (χ2v) is 6.83. The summed E-state index contributed by atoms with van der Waals surface area (Å²) in [6.45, 7) is 3.18.